The summed E-state index contributed by atoms with van der Waals surface area (Å²) in [6.07, 6.45) is 4.11. The van der Waals surface area contributed by atoms with E-state index < -0.39 is 0 Å². The number of hydrogen-bond donors (Lipinski definition) is 2. The maximum Gasteiger partial charge on any atom is 0.220 e. The Hall–Kier alpha value is -0.220. The van der Waals surface area contributed by atoms with Crippen molar-refractivity contribution >= 4 is 17.7 Å². The largest absolute Gasteiger partial charge is 0.369 e. The Morgan fingerprint density at radius 2 is 2.08 bits per heavy atom. The summed E-state index contributed by atoms with van der Waals surface area (Å²) in [5.74, 6) is 1.13. The molecule has 0 aromatic carbocycles. The molecule has 2 aliphatic rings. The van der Waals surface area contributed by atoms with Crippen molar-refractivity contribution in [1.82, 2.24) is 0 Å². The van der Waals surface area contributed by atoms with Crippen molar-refractivity contribution in [1.29, 1.82) is 0 Å². The summed E-state index contributed by atoms with van der Waals surface area (Å²) < 4.78 is 0.317. The number of primary amides is 1. The van der Waals surface area contributed by atoms with Gasteiger partial charge in [-0.2, -0.15) is 11.8 Å². The molecule has 0 radical (unpaired) electrons. The average Bonchev–Trinajstić information content (AvgIpc) is 1.99. The molecule has 1 saturated carbocycles. The Labute approximate surface area is 82.6 Å². The molecule has 13 heavy (non-hydrogen) atoms. The molecule has 1 heterocycles. The van der Waals surface area contributed by atoms with Crippen molar-refractivity contribution in [2.24, 2.45) is 17.4 Å². The number of carbonyl (C=O) groups is 1. The average molecular weight is 200 g/mol. The molecular weight excluding hydrogens is 184 g/mol. The monoisotopic (exact) mass is 200 g/mol. The minimum atomic E-state index is -0.134. The van der Waals surface area contributed by atoms with Crippen LogP contribution in [0.4, 0.5) is 0 Å². The van der Waals surface area contributed by atoms with Gasteiger partial charge in [0, 0.05) is 16.7 Å². The lowest BCUT2D eigenvalue weighted by Crippen LogP contribution is -2.51. The number of amides is 1. The van der Waals surface area contributed by atoms with Gasteiger partial charge in [-0.15, -0.1) is 0 Å². The molecule has 1 saturated heterocycles. The molecule has 4 heteroatoms. The third-order valence-electron chi connectivity index (χ3n) is 3.17. The molecule has 1 atom stereocenters. The molecule has 74 valence electrons. The van der Waals surface area contributed by atoms with Gasteiger partial charge in [0.1, 0.15) is 0 Å². The van der Waals surface area contributed by atoms with Gasteiger partial charge >= 0.3 is 0 Å². The van der Waals surface area contributed by atoms with Crippen LogP contribution in [0, 0.1) is 5.92 Å². The number of thioether (sulfide) groups is 1. The summed E-state index contributed by atoms with van der Waals surface area (Å²) in [4.78, 5) is 10.9. The van der Waals surface area contributed by atoms with Crippen molar-refractivity contribution in [3.8, 4) is 0 Å². The Morgan fingerprint density at radius 1 is 1.38 bits per heavy atom. The maximum absolute atomic E-state index is 10.9. The normalized spacial score (nSPS) is 44.4. The smallest absolute Gasteiger partial charge is 0.220 e. The van der Waals surface area contributed by atoms with Gasteiger partial charge in [0.2, 0.25) is 5.91 Å². The number of hydrogen-bond acceptors (Lipinski definition) is 3. The Bertz CT molecular complexity index is 226. The van der Waals surface area contributed by atoms with E-state index in [0.29, 0.717) is 10.8 Å². The minimum absolute atomic E-state index is 0.123. The van der Waals surface area contributed by atoms with Crippen LogP contribution in [-0.2, 0) is 4.79 Å². The van der Waals surface area contributed by atoms with Crippen molar-refractivity contribution in [2.75, 3.05) is 5.75 Å². The third-order valence-corrected chi connectivity index (χ3v) is 4.72. The zero-order valence-electron chi connectivity index (χ0n) is 7.66. The second-order valence-corrected chi connectivity index (χ2v) is 5.85. The minimum Gasteiger partial charge on any atom is -0.369 e. The van der Waals surface area contributed by atoms with E-state index in [-0.39, 0.29) is 11.8 Å². The van der Waals surface area contributed by atoms with Crippen LogP contribution in [0.3, 0.4) is 0 Å². The van der Waals surface area contributed by atoms with Crippen LogP contribution in [-0.4, -0.2) is 22.4 Å². The van der Waals surface area contributed by atoms with E-state index in [4.69, 9.17) is 11.5 Å². The van der Waals surface area contributed by atoms with Gasteiger partial charge in [-0.25, -0.2) is 0 Å². The highest BCUT2D eigenvalue weighted by atomic mass is 32.2. The Balaban J connectivity index is 1.91. The Kier molecular flexibility index (Phi) is 2.28. The molecule has 1 unspecified atom stereocenters. The summed E-state index contributed by atoms with van der Waals surface area (Å²) in [5, 5.41) is 0. The van der Waals surface area contributed by atoms with Gasteiger partial charge in [-0.05, 0) is 31.4 Å². The lowest BCUT2D eigenvalue weighted by atomic mass is 9.70. The SMILES string of the molecule is NC(=O)C1CC2(CC(N)CCS2)C1. The second-order valence-electron chi connectivity index (χ2n) is 4.29. The van der Waals surface area contributed by atoms with E-state index in [2.05, 4.69) is 0 Å². The van der Waals surface area contributed by atoms with Crippen LogP contribution in [0.5, 0.6) is 0 Å². The molecule has 1 amide bonds. The first-order valence-electron chi connectivity index (χ1n) is 4.80. The number of carbonyl (C=O) groups excluding carboxylic acids is 1. The van der Waals surface area contributed by atoms with Crippen LogP contribution in [0.25, 0.3) is 0 Å². The molecule has 0 aromatic rings. The van der Waals surface area contributed by atoms with Crippen molar-refractivity contribution in [3.63, 3.8) is 0 Å². The zero-order valence-corrected chi connectivity index (χ0v) is 8.48. The fourth-order valence-electron chi connectivity index (χ4n) is 2.39. The molecule has 0 bridgehead atoms. The molecule has 3 nitrogen and oxygen atoms in total. The van der Waals surface area contributed by atoms with E-state index in [1.54, 1.807) is 0 Å². The first-order chi connectivity index (χ1) is 6.11. The Morgan fingerprint density at radius 3 is 2.62 bits per heavy atom. The highest BCUT2D eigenvalue weighted by Gasteiger charge is 2.48. The van der Waals surface area contributed by atoms with Gasteiger partial charge in [-0.1, -0.05) is 0 Å². The standard InChI is InChI=1S/C9H16N2OS/c10-7-1-2-13-9(5-7)3-6(4-9)8(11)12/h6-7H,1-5,10H2,(H2,11,12). The quantitative estimate of drug-likeness (QED) is 0.646. The molecular formula is C9H16N2OS. The lowest BCUT2D eigenvalue weighted by molar-refractivity contribution is -0.125. The second kappa shape index (κ2) is 3.17. The molecule has 1 spiro atoms. The molecule has 4 N–H and O–H groups in total. The fraction of sp³-hybridized carbons (Fsp3) is 0.889. The molecule has 2 rings (SSSR count). The third kappa shape index (κ3) is 1.70. The van der Waals surface area contributed by atoms with Crippen molar-refractivity contribution < 1.29 is 4.79 Å². The van der Waals surface area contributed by atoms with E-state index in [0.717, 1.165) is 31.4 Å². The van der Waals surface area contributed by atoms with Crippen LogP contribution < -0.4 is 11.5 Å². The number of nitrogens with two attached hydrogens (primary N) is 2. The zero-order chi connectivity index (χ0) is 9.47. The summed E-state index contributed by atoms with van der Waals surface area (Å²) in [6, 6.07) is 0.343. The first kappa shape index (κ1) is 9.34. The van der Waals surface area contributed by atoms with Gasteiger partial charge in [0.15, 0.2) is 0 Å². The van der Waals surface area contributed by atoms with Crippen LogP contribution in [0.1, 0.15) is 25.7 Å². The predicted molar refractivity (Wildman–Crippen MR) is 54.3 cm³/mol. The molecule has 1 aliphatic carbocycles. The molecule has 0 aromatic heterocycles. The van der Waals surface area contributed by atoms with Crippen molar-refractivity contribution in [3.05, 3.63) is 0 Å². The van der Waals surface area contributed by atoms with Crippen LogP contribution in [0.15, 0.2) is 0 Å². The first-order valence-corrected chi connectivity index (χ1v) is 5.79. The van der Waals surface area contributed by atoms with Gasteiger partial charge in [0.25, 0.3) is 0 Å². The van der Waals surface area contributed by atoms with Crippen molar-refractivity contribution in [2.45, 2.75) is 36.5 Å². The van der Waals surface area contributed by atoms with E-state index in [9.17, 15) is 4.79 Å². The van der Waals surface area contributed by atoms with Crippen LogP contribution in [0.2, 0.25) is 0 Å². The molecule has 1 aliphatic heterocycles. The summed E-state index contributed by atoms with van der Waals surface area (Å²) in [5.41, 5.74) is 11.2. The molecule has 2 fully saturated rings. The number of rotatable bonds is 1. The summed E-state index contributed by atoms with van der Waals surface area (Å²) in [7, 11) is 0. The summed E-state index contributed by atoms with van der Waals surface area (Å²) in [6.45, 7) is 0. The highest BCUT2D eigenvalue weighted by Crippen LogP contribution is 2.53. The van der Waals surface area contributed by atoms with Crippen LogP contribution >= 0.6 is 11.8 Å². The van der Waals surface area contributed by atoms with E-state index in [1.807, 2.05) is 11.8 Å². The maximum atomic E-state index is 10.9. The predicted octanol–water partition coefficient (Wildman–Crippen LogP) is 0.475. The lowest BCUT2D eigenvalue weighted by Gasteiger charge is -2.49. The van der Waals surface area contributed by atoms with E-state index >= 15 is 0 Å². The van der Waals surface area contributed by atoms with Gasteiger partial charge < -0.3 is 11.5 Å². The van der Waals surface area contributed by atoms with Gasteiger partial charge in [-0.3, -0.25) is 4.79 Å². The fourth-order valence-corrected chi connectivity index (χ4v) is 4.21. The van der Waals surface area contributed by atoms with Gasteiger partial charge in [0.05, 0.1) is 0 Å². The highest BCUT2D eigenvalue weighted by molar-refractivity contribution is 8.00. The summed E-state index contributed by atoms with van der Waals surface area (Å²) >= 11 is 1.99. The van der Waals surface area contributed by atoms with E-state index in [1.165, 1.54) is 0 Å². The topological polar surface area (TPSA) is 69.1 Å².